The van der Waals surface area contributed by atoms with Crippen molar-refractivity contribution >= 4 is 23.3 Å². The molecule has 1 rings (SSSR count). The number of hydrogen-bond acceptors (Lipinski definition) is 4. The predicted octanol–water partition coefficient (Wildman–Crippen LogP) is 2.73. The lowest BCUT2D eigenvalue weighted by Gasteiger charge is -2.13. The molecule has 1 aromatic heterocycles. The molecule has 1 unspecified atom stereocenters. The molecule has 20 heavy (non-hydrogen) atoms. The number of aliphatic hydroxyl groups is 1. The van der Waals surface area contributed by atoms with E-state index in [9.17, 15) is 4.79 Å². The summed E-state index contributed by atoms with van der Waals surface area (Å²) in [6.07, 6.45) is 6.51. The molecular weight excluding hydrogens is 272 g/mol. The van der Waals surface area contributed by atoms with Gasteiger partial charge in [0.25, 0.3) is 0 Å². The van der Waals surface area contributed by atoms with Crippen LogP contribution in [0.25, 0.3) is 6.08 Å². The van der Waals surface area contributed by atoms with Crippen molar-refractivity contribution in [2.75, 3.05) is 6.61 Å². The van der Waals surface area contributed by atoms with Crippen molar-refractivity contribution < 1.29 is 9.90 Å². The number of carbonyl (C=O) groups is 1. The monoisotopic (exact) mass is 296 g/mol. The molecule has 1 amide bonds. The van der Waals surface area contributed by atoms with E-state index in [0.29, 0.717) is 6.42 Å². The van der Waals surface area contributed by atoms with Crippen molar-refractivity contribution in [3.8, 4) is 0 Å². The van der Waals surface area contributed by atoms with Gasteiger partial charge in [0.05, 0.1) is 5.01 Å². The zero-order valence-electron chi connectivity index (χ0n) is 12.6. The van der Waals surface area contributed by atoms with Crippen molar-refractivity contribution in [3.05, 3.63) is 22.2 Å². The van der Waals surface area contributed by atoms with E-state index >= 15 is 0 Å². The van der Waals surface area contributed by atoms with E-state index < -0.39 is 0 Å². The Hall–Kier alpha value is -1.20. The van der Waals surface area contributed by atoms with Crippen molar-refractivity contribution in [1.82, 2.24) is 10.3 Å². The van der Waals surface area contributed by atoms with Crippen LogP contribution in [0.15, 0.2) is 12.3 Å². The SMILES string of the molecule is CCC(CCO)NC(=O)/C=C/c1cnc(C(C)(C)C)s1. The Morgan fingerprint density at radius 2 is 2.25 bits per heavy atom. The van der Waals surface area contributed by atoms with Gasteiger partial charge in [-0.1, -0.05) is 27.7 Å². The number of rotatable bonds is 6. The Morgan fingerprint density at radius 1 is 1.55 bits per heavy atom. The van der Waals surface area contributed by atoms with E-state index in [1.54, 1.807) is 23.6 Å². The minimum atomic E-state index is -0.129. The van der Waals surface area contributed by atoms with Gasteiger partial charge in [0.2, 0.25) is 5.91 Å². The van der Waals surface area contributed by atoms with Crippen molar-refractivity contribution in [2.24, 2.45) is 0 Å². The second kappa shape index (κ2) is 7.55. The summed E-state index contributed by atoms with van der Waals surface area (Å²) >= 11 is 1.60. The number of nitrogens with one attached hydrogen (secondary N) is 1. The Labute approximate surface area is 124 Å². The molecule has 1 heterocycles. The molecule has 0 radical (unpaired) electrons. The summed E-state index contributed by atoms with van der Waals surface area (Å²) in [5, 5.41) is 12.8. The molecule has 0 saturated carbocycles. The molecule has 5 heteroatoms. The summed E-state index contributed by atoms with van der Waals surface area (Å²) in [4.78, 5) is 17.1. The first kappa shape index (κ1) is 16.9. The first-order valence-electron chi connectivity index (χ1n) is 6.92. The number of aliphatic hydroxyl groups excluding tert-OH is 1. The molecule has 0 aliphatic heterocycles. The van der Waals surface area contributed by atoms with Crippen molar-refractivity contribution in [1.29, 1.82) is 0 Å². The van der Waals surface area contributed by atoms with Crippen LogP contribution in [0, 0.1) is 0 Å². The van der Waals surface area contributed by atoms with E-state index in [2.05, 4.69) is 31.1 Å². The minimum Gasteiger partial charge on any atom is -0.396 e. The maximum absolute atomic E-state index is 11.8. The number of nitrogens with zero attached hydrogens (tertiary/aromatic N) is 1. The van der Waals surface area contributed by atoms with Crippen LogP contribution >= 0.6 is 11.3 Å². The second-order valence-electron chi connectivity index (χ2n) is 5.78. The van der Waals surface area contributed by atoms with Crippen LogP contribution in [0.2, 0.25) is 0 Å². The van der Waals surface area contributed by atoms with Gasteiger partial charge in [-0.2, -0.15) is 0 Å². The minimum absolute atomic E-state index is 0.0312. The molecule has 0 saturated heterocycles. The summed E-state index contributed by atoms with van der Waals surface area (Å²) in [7, 11) is 0. The van der Waals surface area contributed by atoms with E-state index in [1.807, 2.05) is 6.92 Å². The van der Waals surface area contributed by atoms with Crippen LogP contribution in [0.1, 0.15) is 50.4 Å². The molecule has 0 fully saturated rings. The average Bonchev–Trinajstić information content (AvgIpc) is 2.84. The standard InChI is InChI=1S/C15H24N2O2S/c1-5-11(8-9-18)17-13(19)7-6-12-10-16-14(20-12)15(2,3)4/h6-7,10-11,18H,5,8-9H2,1-4H3,(H,17,19)/b7-6+. The van der Waals surface area contributed by atoms with Crippen LogP contribution in [0.3, 0.4) is 0 Å². The van der Waals surface area contributed by atoms with E-state index in [0.717, 1.165) is 16.3 Å². The van der Waals surface area contributed by atoms with Crippen LogP contribution < -0.4 is 5.32 Å². The zero-order valence-corrected chi connectivity index (χ0v) is 13.5. The first-order chi connectivity index (χ1) is 9.36. The van der Waals surface area contributed by atoms with Gasteiger partial charge in [0, 0.05) is 35.2 Å². The van der Waals surface area contributed by atoms with Gasteiger partial charge in [-0.3, -0.25) is 4.79 Å². The highest BCUT2D eigenvalue weighted by Crippen LogP contribution is 2.27. The lowest BCUT2D eigenvalue weighted by molar-refractivity contribution is -0.117. The Balaban J connectivity index is 2.59. The van der Waals surface area contributed by atoms with Gasteiger partial charge in [0.15, 0.2) is 0 Å². The summed E-state index contributed by atoms with van der Waals surface area (Å²) in [5.74, 6) is -0.129. The summed E-state index contributed by atoms with van der Waals surface area (Å²) in [5.41, 5.74) is 0.0352. The van der Waals surface area contributed by atoms with Gasteiger partial charge in [-0.25, -0.2) is 4.98 Å². The Bertz CT molecular complexity index is 461. The highest BCUT2D eigenvalue weighted by molar-refractivity contribution is 7.12. The van der Waals surface area contributed by atoms with Gasteiger partial charge < -0.3 is 10.4 Å². The molecule has 0 bridgehead atoms. The number of amides is 1. The second-order valence-corrected chi connectivity index (χ2v) is 6.84. The third kappa shape index (κ3) is 5.43. The van der Waals surface area contributed by atoms with Gasteiger partial charge in [-0.05, 0) is 18.9 Å². The lowest BCUT2D eigenvalue weighted by Crippen LogP contribution is -2.33. The highest BCUT2D eigenvalue weighted by Gasteiger charge is 2.17. The molecule has 0 aliphatic carbocycles. The number of hydrogen-bond donors (Lipinski definition) is 2. The lowest BCUT2D eigenvalue weighted by atomic mass is 9.98. The molecule has 0 aromatic carbocycles. The van der Waals surface area contributed by atoms with E-state index in [-0.39, 0.29) is 24.0 Å². The van der Waals surface area contributed by atoms with Crippen LogP contribution in [-0.2, 0) is 10.2 Å². The number of thiazole rings is 1. The molecule has 4 nitrogen and oxygen atoms in total. The molecule has 0 spiro atoms. The normalized spacial score (nSPS) is 13.7. The topological polar surface area (TPSA) is 62.2 Å². The van der Waals surface area contributed by atoms with Crippen LogP contribution in [-0.4, -0.2) is 28.6 Å². The smallest absolute Gasteiger partial charge is 0.244 e. The molecule has 0 aliphatic rings. The maximum Gasteiger partial charge on any atom is 0.244 e. The summed E-state index contributed by atoms with van der Waals surface area (Å²) in [6, 6.07) is 0.0312. The van der Waals surface area contributed by atoms with Gasteiger partial charge >= 0.3 is 0 Å². The maximum atomic E-state index is 11.8. The zero-order chi connectivity index (χ0) is 15.2. The predicted molar refractivity (Wildman–Crippen MR) is 83.8 cm³/mol. The largest absolute Gasteiger partial charge is 0.396 e. The Kier molecular flexibility index (Phi) is 6.36. The summed E-state index contributed by atoms with van der Waals surface area (Å²) < 4.78 is 0. The fraction of sp³-hybridized carbons (Fsp3) is 0.600. The van der Waals surface area contributed by atoms with Gasteiger partial charge in [0.1, 0.15) is 0 Å². The molecule has 1 atom stereocenters. The van der Waals surface area contributed by atoms with E-state index in [4.69, 9.17) is 5.11 Å². The third-order valence-corrected chi connectivity index (χ3v) is 4.27. The molecule has 112 valence electrons. The third-order valence-electron chi connectivity index (χ3n) is 2.88. The van der Waals surface area contributed by atoms with Crippen molar-refractivity contribution in [2.45, 2.75) is 52.0 Å². The first-order valence-corrected chi connectivity index (χ1v) is 7.74. The molecule has 2 N–H and O–H groups in total. The van der Waals surface area contributed by atoms with Crippen LogP contribution in [0.5, 0.6) is 0 Å². The van der Waals surface area contributed by atoms with E-state index in [1.165, 1.54) is 6.08 Å². The van der Waals surface area contributed by atoms with Gasteiger partial charge in [-0.15, -0.1) is 11.3 Å². The molecular formula is C15H24N2O2S. The number of carbonyl (C=O) groups excluding carboxylic acids is 1. The number of aromatic nitrogens is 1. The fourth-order valence-corrected chi connectivity index (χ4v) is 2.53. The highest BCUT2D eigenvalue weighted by atomic mass is 32.1. The van der Waals surface area contributed by atoms with Crippen molar-refractivity contribution in [3.63, 3.8) is 0 Å². The average molecular weight is 296 g/mol. The fourth-order valence-electron chi connectivity index (χ4n) is 1.65. The Morgan fingerprint density at radius 3 is 2.75 bits per heavy atom. The molecule has 1 aromatic rings. The quantitative estimate of drug-likeness (QED) is 0.793. The summed E-state index contributed by atoms with van der Waals surface area (Å²) in [6.45, 7) is 8.43. The van der Waals surface area contributed by atoms with Crippen LogP contribution in [0.4, 0.5) is 0 Å².